The minimum absolute atomic E-state index is 0.175. The van der Waals surface area contributed by atoms with Crippen LogP contribution in [0.1, 0.15) is 39.4 Å². The number of likely N-dealkylation sites (tertiary alicyclic amines) is 1. The summed E-state index contributed by atoms with van der Waals surface area (Å²) in [6, 6.07) is -0.508. The normalized spacial score (nSPS) is 18.6. The summed E-state index contributed by atoms with van der Waals surface area (Å²) in [7, 11) is 0. The number of hydrogen-bond acceptors (Lipinski definition) is 6. The first-order valence-electron chi connectivity index (χ1n) is 6.86. The smallest absolute Gasteiger partial charge is 0.410 e. The second-order valence-electron chi connectivity index (χ2n) is 5.88. The topological polar surface area (TPSA) is 113 Å². The zero-order valence-electron chi connectivity index (χ0n) is 12.4. The fraction of sp³-hybridized carbons (Fsp3) is 0.750. The summed E-state index contributed by atoms with van der Waals surface area (Å²) in [4.78, 5) is 25.7. The molecule has 2 rings (SSSR count). The maximum absolute atomic E-state index is 12.2. The molecule has 0 radical (unpaired) electrons. The Labute approximate surface area is 122 Å². The van der Waals surface area contributed by atoms with Crippen LogP contribution in [0, 0.1) is 0 Å². The van der Waals surface area contributed by atoms with Crippen molar-refractivity contribution >= 4 is 12.0 Å². The van der Waals surface area contributed by atoms with Gasteiger partial charge in [-0.1, -0.05) is 5.21 Å². The number of ether oxygens (including phenoxy) is 1. The van der Waals surface area contributed by atoms with Crippen molar-refractivity contribution in [3.05, 3.63) is 5.82 Å². The summed E-state index contributed by atoms with van der Waals surface area (Å²) in [6.07, 6.45) is 0.941. The van der Waals surface area contributed by atoms with E-state index in [2.05, 4.69) is 25.9 Å². The Morgan fingerprint density at radius 2 is 2.24 bits per heavy atom. The summed E-state index contributed by atoms with van der Waals surface area (Å²) in [5, 5.41) is 15.9. The average molecular weight is 296 g/mol. The zero-order chi connectivity index (χ0) is 15.5. The van der Waals surface area contributed by atoms with Gasteiger partial charge >= 0.3 is 6.09 Å². The van der Waals surface area contributed by atoms with Crippen molar-refractivity contribution < 1.29 is 14.3 Å². The van der Waals surface area contributed by atoms with E-state index >= 15 is 0 Å². The first-order chi connectivity index (χ1) is 9.87. The van der Waals surface area contributed by atoms with Crippen molar-refractivity contribution in [3.8, 4) is 0 Å². The van der Waals surface area contributed by atoms with Gasteiger partial charge in [0.2, 0.25) is 5.91 Å². The fourth-order valence-electron chi connectivity index (χ4n) is 2.12. The van der Waals surface area contributed by atoms with Crippen molar-refractivity contribution in [2.75, 3.05) is 6.54 Å². The van der Waals surface area contributed by atoms with E-state index in [0.717, 1.165) is 6.42 Å². The molecule has 2 amide bonds. The molecule has 9 heteroatoms. The molecule has 0 spiro atoms. The Morgan fingerprint density at radius 1 is 1.48 bits per heavy atom. The maximum Gasteiger partial charge on any atom is 0.410 e. The van der Waals surface area contributed by atoms with Gasteiger partial charge in [-0.15, -0.1) is 10.2 Å². The molecule has 1 unspecified atom stereocenters. The lowest BCUT2D eigenvalue weighted by molar-refractivity contribution is -0.125. The summed E-state index contributed by atoms with van der Waals surface area (Å²) in [5.41, 5.74) is -0.578. The monoisotopic (exact) mass is 296 g/mol. The van der Waals surface area contributed by atoms with Crippen molar-refractivity contribution in [3.63, 3.8) is 0 Å². The average Bonchev–Trinajstić information content (AvgIpc) is 3.05. The maximum atomic E-state index is 12.2. The minimum Gasteiger partial charge on any atom is -0.444 e. The highest BCUT2D eigenvalue weighted by Crippen LogP contribution is 2.20. The summed E-state index contributed by atoms with van der Waals surface area (Å²) < 4.78 is 5.32. The van der Waals surface area contributed by atoms with Crippen LogP contribution in [0.15, 0.2) is 0 Å². The van der Waals surface area contributed by atoms with Crippen LogP contribution in [0.3, 0.4) is 0 Å². The number of aromatic nitrogens is 4. The number of H-pyrrole nitrogens is 1. The molecule has 9 nitrogen and oxygen atoms in total. The van der Waals surface area contributed by atoms with Gasteiger partial charge in [0.05, 0.1) is 6.54 Å². The van der Waals surface area contributed by atoms with Crippen LogP contribution in [-0.4, -0.2) is 55.7 Å². The molecule has 116 valence electrons. The first kappa shape index (κ1) is 15.2. The molecule has 0 aliphatic carbocycles. The second-order valence-corrected chi connectivity index (χ2v) is 5.88. The van der Waals surface area contributed by atoms with Gasteiger partial charge < -0.3 is 10.1 Å². The number of tetrazole rings is 1. The van der Waals surface area contributed by atoms with Crippen LogP contribution >= 0.6 is 0 Å². The van der Waals surface area contributed by atoms with Crippen molar-refractivity contribution in [1.29, 1.82) is 0 Å². The molecule has 0 bridgehead atoms. The number of hydrogen-bond donors (Lipinski definition) is 2. The molecule has 1 saturated heterocycles. The molecule has 2 N–H and O–H groups in total. The van der Waals surface area contributed by atoms with Crippen molar-refractivity contribution in [2.24, 2.45) is 0 Å². The SMILES string of the molecule is CC(C)(C)OC(=O)N1CCCC1C(=O)NCc1nn[nH]n1. The summed E-state index contributed by atoms with van der Waals surface area (Å²) in [6.45, 7) is 6.09. The molecule has 1 aromatic heterocycles. The highest BCUT2D eigenvalue weighted by atomic mass is 16.6. The number of rotatable bonds is 3. The van der Waals surface area contributed by atoms with E-state index in [1.54, 1.807) is 20.8 Å². The molecular formula is C12H20N6O3. The third-order valence-electron chi connectivity index (χ3n) is 2.99. The van der Waals surface area contributed by atoms with Gasteiger partial charge in [-0.05, 0) is 33.6 Å². The Balaban J connectivity index is 1.91. The Morgan fingerprint density at radius 3 is 2.86 bits per heavy atom. The quantitative estimate of drug-likeness (QED) is 0.824. The molecular weight excluding hydrogens is 276 g/mol. The molecule has 2 heterocycles. The third-order valence-corrected chi connectivity index (χ3v) is 2.99. The van der Waals surface area contributed by atoms with Crippen LogP contribution < -0.4 is 5.32 Å². The number of nitrogens with one attached hydrogen (secondary N) is 2. The van der Waals surface area contributed by atoms with Crippen molar-refractivity contribution in [2.45, 2.75) is 51.8 Å². The zero-order valence-corrected chi connectivity index (χ0v) is 12.4. The lowest BCUT2D eigenvalue weighted by Gasteiger charge is -2.27. The highest BCUT2D eigenvalue weighted by molar-refractivity contribution is 5.86. The van der Waals surface area contributed by atoms with Gasteiger partial charge in [0.1, 0.15) is 11.6 Å². The highest BCUT2D eigenvalue weighted by Gasteiger charge is 2.36. The third kappa shape index (κ3) is 4.14. The molecule has 1 aliphatic heterocycles. The van der Waals surface area contributed by atoms with Gasteiger partial charge in [0, 0.05) is 6.54 Å². The lowest BCUT2D eigenvalue weighted by atomic mass is 10.2. The van der Waals surface area contributed by atoms with E-state index in [1.165, 1.54) is 4.90 Å². The molecule has 1 fully saturated rings. The van der Waals surface area contributed by atoms with Gasteiger partial charge in [0.25, 0.3) is 0 Å². The van der Waals surface area contributed by atoms with Gasteiger partial charge in [-0.3, -0.25) is 9.69 Å². The lowest BCUT2D eigenvalue weighted by Crippen LogP contribution is -2.47. The predicted molar refractivity (Wildman–Crippen MR) is 72.0 cm³/mol. The van der Waals surface area contributed by atoms with Crippen LogP contribution in [-0.2, 0) is 16.1 Å². The molecule has 1 aromatic rings. The van der Waals surface area contributed by atoms with Gasteiger partial charge in [-0.25, -0.2) is 4.79 Å². The van der Waals surface area contributed by atoms with E-state index in [1.807, 2.05) is 0 Å². The molecule has 21 heavy (non-hydrogen) atoms. The van der Waals surface area contributed by atoms with E-state index in [4.69, 9.17) is 4.74 Å². The number of nitrogens with zero attached hydrogens (tertiary/aromatic N) is 4. The number of carbonyl (C=O) groups is 2. The van der Waals surface area contributed by atoms with Crippen molar-refractivity contribution in [1.82, 2.24) is 30.8 Å². The van der Waals surface area contributed by atoms with Crippen LogP contribution in [0.2, 0.25) is 0 Å². The predicted octanol–water partition coefficient (Wildman–Crippen LogP) is 0.215. The van der Waals surface area contributed by atoms with E-state index in [9.17, 15) is 9.59 Å². The molecule has 0 aromatic carbocycles. The number of aromatic amines is 1. The Hall–Kier alpha value is -2.19. The van der Waals surface area contributed by atoms with E-state index < -0.39 is 17.7 Å². The molecule has 1 atom stereocenters. The minimum atomic E-state index is -0.578. The van der Waals surface area contributed by atoms with Gasteiger partial charge in [0.15, 0.2) is 5.82 Å². The Kier molecular flexibility index (Phi) is 4.39. The van der Waals surface area contributed by atoms with Crippen LogP contribution in [0.25, 0.3) is 0 Å². The number of amides is 2. The van der Waals surface area contributed by atoms with Crippen LogP contribution in [0.4, 0.5) is 4.79 Å². The van der Waals surface area contributed by atoms with Crippen LogP contribution in [0.5, 0.6) is 0 Å². The van der Waals surface area contributed by atoms with E-state index in [0.29, 0.717) is 18.8 Å². The fourth-order valence-corrected chi connectivity index (χ4v) is 2.12. The van der Waals surface area contributed by atoms with Gasteiger partial charge in [-0.2, -0.15) is 5.21 Å². The molecule has 1 aliphatic rings. The molecule has 0 saturated carbocycles. The summed E-state index contributed by atoms with van der Waals surface area (Å²) >= 11 is 0. The second kappa shape index (κ2) is 6.06. The first-order valence-corrected chi connectivity index (χ1v) is 6.86. The number of carbonyl (C=O) groups excluding carboxylic acids is 2. The Bertz CT molecular complexity index is 496. The largest absolute Gasteiger partial charge is 0.444 e. The standard InChI is InChI=1S/C12H20N6O3/c1-12(2,3)21-11(20)18-6-4-5-8(18)10(19)13-7-9-14-16-17-15-9/h8H,4-7H2,1-3H3,(H,13,19)(H,14,15,16,17). The summed E-state index contributed by atoms with van der Waals surface area (Å²) in [5.74, 6) is 0.160. The van der Waals surface area contributed by atoms with E-state index in [-0.39, 0.29) is 12.5 Å².